The van der Waals surface area contributed by atoms with E-state index in [-0.39, 0.29) is 0 Å². The van der Waals surface area contributed by atoms with E-state index in [0.717, 1.165) is 36.8 Å². The lowest BCUT2D eigenvalue weighted by Gasteiger charge is -2.01. The Bertz CT molecular complexity index is 237. The van der Waals surface area contributed by atoms with Crippen LogP contribution in [0.5, 0.6) is 0 Å². The predicted molar refractivity (Wildman–Crippen MR) is 59.3 cm³/mol. The van der Waals surface area contributed by atoms with Gasteiger partial charge in [-0.05, 0) is 38.1 Å². The van der Waals surface area contributed by atoms with Gasteiger partial charge in [-0.2, -0.15) is 0 Å². The third-order valence-electron chi connectivity index (χ3n) is 1.74. The monoisotopic (exact) mass is 218 g/mol. The molecule has 1 aromatic rings. The van der Waals surface area contributed by atoms with Crippen LogP contribution in [0, 0.1) is 0 Å². The van der Waals surface area contributed by atoms with Crippen LogP contribution in [-0.2, 0) is 6.54 Å². The van der Waals surface area contributed by atoms with Crippen LogP contribution in [0.2, 0.25) is 4.34 Å². The lowest BCUT2D eigenvalue weighted by molar-refractivity contribution is 0.631. The highest BCUT2D eigenvalue weighted by Crippen LogP contribution is 2.20. The van der Waals surface area contributed by atoms with E-state index in [2.05, 4.69) is 11.4 Å². The molecule has 2 nitrogen and oxygen atoms in total. The van der Waals surface area contributed by atoms with Crippen molar-refractivity contribution in [2.75, 3.05) is 13.1 Å². The average molecular weight is 219 g/mol. The zero-order chi connectivity index (χ0) is 9.52. The van der Waals surface area contributed by atoms with Crippen molar-refractivity contribution in [3.8, 4) is 0 Å². The van der Waals surface area contributed by atoms with Gasteiger partial charge in [-0.15, -0.1) is 11.3 Å². The van der Waals surface area contributed by atoms with Crippen LogP contribution < -0.4 is 11.1 Å². The van der Waals surface area contributed by atoms with Crippen LogP contribution >= 0.6 is 22.9 Å². The molecule has 0 aliphatic heterocycles. The summed E-state index contributed by atoms with van der Waals surface area (Å²) in [5.74, 6) is 0. The molecule has 0 amide bonds. The number of nitrogens with one attached hydrogen (secondary N) is 1. The van der Waals surface area contributed by atoms with Crippen LogP contribution in [0.3, 0.4) is 0 Å². The number of hydrogen-bond donors (Lipinski definition) is 2. The standard InChI is InChI=1S/C9H15ClN2S/c10-9-4-3-8(13-9)7-12-6-2-1-5-11/h3-4,12H,1-2,5-7,11H2. The summed E-state index contributed by atoms with van der Waals surface area (Å²) in [6.07, 6.45) is 2.24. The zero-order valence-corrected chi connectivity index (χ0v) is 9.13. The van der Waals surface area contributed by atoms with Gasteiger partial charge in [0.1, 0.15) is 0 Å². The average Bonchev–Trinajstić information content (AvgIpc) is 2.51. The molecular weight excluding hydrogens is 204 g/mol. The molecule has 3 N–H and O–H groups in total. The van der Waals surface area contributed by atoms with Gasteiger partial charge in [0.25, 0.3) is 0 Å². The molecule has 0 fully saturated rings. The van der Waals surface area contributed by atoms with Crippen molar-refractivity contribution >= 4 is 22.9 Å². The predicted octanol–water partition coefficient (Wildman–Crippen LogP) is 2.23. The summed E-state index contributed by atoms with van der Waals surface area (Å²) in [4.78, 5) is 1.29. The van der Waals surface area contributed by atoms with Crippen LogP contribution in [0.1, 0.15) is 17.7 Å². The Morgan fingerprint density at radius 3 is 2.85 bits per heavy atom. The quantitative estimate of drug-likeness (QED) is 0.719. The minimum atomic E-state index is 0.784. The third-order valence-corrected chi connectivity index (χ3v) is 2.97. The first-order chi connectivity index (χ1) is 6.33. The SMILES string of the molecule is NCCCCNCc1ccc(Cl)s1. The van der Waals surface area contributed by atoms with E-state index >= 15 is 0 Å². The van der Waals surface area contributed by atoms with Gasteiger partial charge in [-0.25, -0.2) is 0 Å². The molecule has 0 radical (unpaired) electrons. The second-order valence-corrected chi connectivity index (χ2v) is 4.68. The summed E-state index contributed by atoms with van der Waals surface area (Å²) in [6, 6.07) is 3.99. The number of nitrogens with two attached hydrogens (primary N) is 1. The summed E-state index contributed by atoms with van der Waals surface area (Å²) >= 11 is 7.43. The molecule has 0 aliphatic rings. The second-order valence-electron chi connectivity index (χ2n) is 2.88. The van der Waals surface area contributed by atoms with Gasteiger partial charge >= 0.3 is 0 Å². The van der Waals surface area contributed by atoms with Crippen LogP contribution in [-0.4, -0.2) is 13.1 Å². The van der Waals surface area contributed by atoms with Crippen molar-refractivity contribution in [3.63, 3.8) is 0 Å². The lowest BCUT2D eigenvalue weighted by Crippen LogP contribution is -2.14. The van der Waals surface area contributed by atoms with E-state index in [1.165, 1.54) is 4.88 Å². The van der Waals surface area contributed by atoms with E-state index in [1.54, 1.807) is 11.3 Å². The highest BCUT2D eigenvalue weighted by Gasteiger charge is 1.96. The number of halogens is 1. The first kappa shape index (κ1) is 11.0. The molecule has 1 heterocycles. The van der Waals surface area contributed by atoms with E-state index in [4.69, 9.17) is 17.3 Å². The minimum Gasteiger partial charge on any atom is -0.330 e. The Morgan fingerprint density at radius 1 is 1.38 bits per heavy atom. The van der Waals surface area contributed by atoms with Crippen LogP contribution in [0.15, 0.2) is 12.1 Å². The zero-order valence-electron chi connectivity index (χ0n) is 7.55. The smallest absolute Gasteiger partial charge is 0.0931 e. The van der Waals surface area contributed by atoms with Crippen molar-refractivity contribution < 1.29 is 0 Å². The molecule has 0 bridgehead atoms. The van der Waals surface area contributed by atoms with Gasteiger partial charge in [0.15, 0.2) is 0 Å². The molecule has 0 aliphatic carbocycles. The fraction of sp³-hybridized carbons (Fsp3) is 0.556. The molecule has 0 atom stereocenters. The van der Waals surface area contributed by atoms with E-state index < -0.39 is 0 Å². The number of hydrogen-bond acceptors (Lipinski definition) is 3. The molecule has 74 valence electrons. The summed E-state index contributed by atoms with van der Waals surface area (Å²) < 4.78 is 0.860. The number of unbranched alkanes of at least 4 members (excludes halogenated alkanes) is 1. The van der Waals surface area contributed by atoms with Crippen LogP contribution in [0.25, 0.3) is 0 Å². The third kappa shape index (κ3) is 4.62. The first-order valence-corrected chi connectivity index (χ1v) is 5.67. The van der Waals surface area contributed by atoms with Gasteiger partial charge in [-0.1, -0.05) is 11.6 Å². The van der Waals surface area contributed by atoms with Gasteiger partial charge in [0.2, 0.25) is 0 Å². The van der Waals surface area contributed by atoms with Crippen molar-refractivity contribution in [1.29, 1.82) is 0 Å². The molecular formula is C9H15ClN2S. The number of rotatable bonds is 6. The second kappa shape index (κ2) is 6.38. The van der Waals surface area contributed by atoms with E-state index in [0.29, 0.717) is 0 Å². The van der Waals surface area contributed by atoms with Crippen molar-refractivity contribution in [1.82, 2.24) is 5.32 Å². The minimum absolute atomic E-state index is 0.784. The van der Waals surface area contributed by atoms with Crippen molar-refractivity contribution in [2.24, 2.45) is 5.73 Å². The Labute approximate surface area is 88.1 Å². The largest absolute Gasteiger partial charge is 0.330 e. The van der Waals surface area contributed by atoms with Gasteiger partial charge in [0, 0.05) is 11.4 Å². The lowest BCUT2D eigenvalue weighted by atomic mass is 10.3. The summed E-state index contributed by atoms with van der Waals surface area (Å²) in [5.41, 5.74) is 5.38. The number of thiophene rings is 1. The van der Waals surface area contributed by atoms with Gasteiger partial charge < -0.3 is 11.1 Å². The maximum absolute atomic E-state index is 5.80. The fourth-order valence-corrected chi connectivity index (χ4v) is 2.11. The van der Waals surface area contributed by atoms with Crippen molar-refractivity contribution in [3.05, 3.63) is 21.3 Å². The molecule has 0 unspecified atom stereocenters. The summed E-state index contributed by atoms with van der Waals surface area (Å²) in [6.45, 7) is 2.74. The summed E-state index contributed by atoms with van der Waals surface area (Å²) in [5, 5.41) is 3.35. The Hall–Kier alpha value is -0.0900. The fourth-order valence-electron chi connectivity index (χ4n) is 1.05. The molecule has 13 heavy (non-hydrogen) atoms. The maximum atomic E-state index is 5.80. The van der Waals surface area contributed by atoms with Crippen LogP contribution in [0.4, 0.5) is 0 Å². The topological polar surface area (TPSA) is 38.0 Å². The highest BCUT2D eigenvalue weighted by molar-refractivity contribution is 7.16. The van der Waals surface area contributed by atoms with E-state index in [9.17, 15) is 0 Å². The molecule has 4 heteroatoms. The van der Waals surface area contributed by atoms with Crippen molar-refractivity contribution in [2.45, 2.75) is 19.4 Å². The summed E-state index contributed by atoms with van der Waals surface area (Å²) in [7, 11) is 0. The molecule has 0 aromatic carbocycles. The normalized spacial score (nSPS) is 10.6. The molecule has 0 saturated heterocycles. The highest BCUT2D eigenvalue weighted by atomic mass is 35.5. The first-order valence-electron chi connectivity index (χ1n) is 4.48. The Morgan fingerprint density at radius 2 is 2.23 bits per heavy atom. The molecule has 0 spiro atoms. The molecule has 1 rings (SSSR count). The molecule has 1 aromatic heterocycles. The van der Waals surface area contributed by atoms with Gasteiger partial charge in [0.05, 0.1) is 4.34 Å². The van der Waals surface area contributed by atoms with E-state index in [1.807, 2.05) is 6.07 Å². The van der Waals surface area contributed by atoms with Gasteiger partial charge in [-0.3, -0.25) is 0 Å². The Kier molecular flexibility index (Phi) is 5.39. The molecule has 0 saturated carbocycles. The maximum Gasteiger partial charge on any atom is 0.0931 e. The Balaban J connectivity index is 2.06.